The Morgan fingerprint density at radius 3 is 2.55 bits per heavy atom. The van der Waals surface area contributed by atoms with Gasteiger partial charge >= 0.3 is 0 Å². The van der Waals surface area contributed by atoms with Crippen LogP contribution in [0.15, 0.2) is 73.1 Å². The predicted octanol–water partition coefficient (Wildman–Crippen LogP) is 5.24. The van der Waals surface area contributed by atoms with E-state index in [1.54, 1.807) is 0 Å². The van der Waals surface area contributed by atoms with E-state index >= 15 is 0 Å². The van der Waals surface area contributed by atoms with E-state index in [2.05, 4.69) is 27.0 Å². The largest absolute Gasteiger partial charge is 0.457 e. The summed E-state index contributed by atoms with van der Waals surface area (Å²) < 4.78 is 7.93. The Morgan fingerprint density at radius 2 is 1.79 bits per heavy atom. The highest BCUT2D eigenvalue weighted by Crippen LogP contribution is 2.44. The third-order valence-electron chi connectivity index (χ3n) is 8.27. The van der Waals surface area contributed by atoms with E-state index in [1.807, 2.05) is 59.3 Å². The molecule has 7 rings (SSSR count). The van der Waals surface area contributed by atoms with Crippen LogP contribution in [0.2, 0.25) is 0 Å². The van der Waals surface area contributed by atoms with Crippen LogP contribution in [-0.4, -0.2) is 43.6 Å². The summed E-state index contributed by atoms with van der Waals surface area (Å²) in [5.74, 6) is 3.34. The number of ether oxygens (including phenoxy) is 1. The molecule has 4 atom stereocenters. The van der Waals surface area contributed by atoms with Crippen LogP contribution in [-0.2, 0) is 4.79 Å². The van der Waals surface area contributed by atoms with E-state index in [4.69, 9.17) is 15.6 Å². The Bertz CT molecular complexity index is 1510. The summed E-state index contributed by atoms with van der Waals surface area (Å²) >= 11 is 0. The number of carbonyl (C=O) groups excluding carboxylic acids is 1. The standard InChI is InChI=1S/C30H30N6O2/c31-28-26-27(20-10-12-24(13-11-20)38-23-6-2-1-3-7-23)34-36(29(26)33-18-32-28)22-5-4-14-35(17-22)30(37)25-16-19-8-9-21(25)15-19/h1-3,6-13,18-19,21-22,25H,4-5,14-17H2,(H2,31,32,33)/t19?,21?,22?,25-/m1/s1. The van der Waals surface area contributed by atoms with Gasteiger partial charge in [0.25, 0.3) is 0 Å². The summed E-state index contributed by atoms with van der Waals surface area (Å²) in [7, 11) is 0. The first-order chi connectivity index (χ1) is 18.6. The van der Waals surface area contributed by atoms with Crippen molar-refractivity contribution >= 4 is 22.8 Å². The average molecular weight is 507 g/mol. The third-order valence-corrected chi connectivity index (χ3v) is 8.27. The quantitative estimate of drug-likeness (QED) is 0.372. The SMILES string of the molecule is Nc1ncnc2c1c(-c1ccc(Oc3ccccc3)cc1)nn2C1CCCN(C(=O)[C@@H]2CC3C=CC2C3)C1. The number of amides is 1. The molecule has 3 heterocycles. The minimum Gasteiger partial charge on any atom is -0.457 e. The van der Waals surface area contributed by atoms with Crippen LogP contribution in [0.4, 0.5) is 5.82 Å². The fraction of sp³-hybridized carbons (Fsp3) is 0.333. The van der Waals surface area contributed by atoms with Gasteiger partial charge in [-0.15, -0.1) is 0 Å². The number of piperidine rings is 1. The first kappa shape index (κ1) is 23.0. The van der Waals surface area contributed by atoms with Crippen LogP contribution < -0.4 is 10.5 Å². The number of likely N-dealkylation sites (tertiary alicyclic amines) is 1. The molecule has 3 aliphatic rings. The van der Waals surface area contributed by atoms with Crippen LogP contribution >= 0.6 is 0 Å². The Hall–Kier alpha value is -4.20. The molecule has 0 radical (unpaired) electrons. The molecule has 2 bridgehead atoms. The zero-order valence-corrected chi connectivity index (χ0v) is 21.1. The molecule has 4 aromatic rings. The van der Waals surface area contributed by atoms with E-state index in [-0.39, 0.29) is 12.0 Å². The van der Waals surface area contributed by atoms with Gasteiger partial charge < -0.3 is 15.4 Å². The monoisotopic (exact) mass is 506 g/mol. The van der Waals surface area contributed by atoms with E-state index in [0.29, 0.717) is 35.8 Å². The average Bonchev–Trinajstić information content (AvgIpc) is 3.69. The molecule has 8 nitrogen and oxygen atoms in total. The van der Waals surface area contributed by atoms with E-state index in [9.17, 15) is 4.79 Å². The maximum Gasteiger partial charge on any atom is 0.226 e. The molecule has 2 aromatic heterocycles. The Kier molecular flexibility index (Phi) is 5.60. The van der Waals surface area contributed by atoms with Crippen molar-refractivity contribution in [2.75, 3.05) is 18.8 Å². The molecule has 38 heavy (non-hydrogen) atoms. The van der Waals surface area contributed by atoms with E-state index in [1.165, 1.54) is 6.33 Å². The fourth-order valence-corrected chi connectivity index (χ4v) is 6.41. The van der Waals surface area contributed by atoms with Gasteiger partial charge in [-0.05, 0) is 73.9 Å². The van der Waals surface area contributed by atoms with Crippen molar-refractivity contribution in [3.63, 3.8) is 0 Å². The molecule has 1 aliphatic heterocycles. The number of allylic oxidation sites excluding steroid dienone is 2. The number of benzene rings is 2. The lowest BCUT2D eigenvalue weighted by Gasteiger charge is -2.35. The van der Waals surface area contributed by atoms with Gasteiger partial charge in [0.05, 0.1) is 11.4 Å². The Balaban J connectivity index is 1.18. The van der Waals surface area contributed by atoms with Crippen molar-refractivity contribution in [2.24, 2.45) is 17.8 Å². The molecule has 2 N–H and O–H groups in total. The molecule has 1 amide bonds. The number of anilines is 1. The second kappa shape index (κ2) is 9.28. The first-order valence-electron chi connectivity index (χ1n) is 13.4. The second-order valence-electron chi connectivity index (χ2n) is 10.7. The van der Waals surface area contributed by atoms with Gasteiger partial charge in [0.15, 0.2) is 5.65 Å². The van der Waals surface area contributed by atoms with Crippen molar-refractivity contribution in [1.82, 2.24) is 24.6 Å². The smallest absolute Gasteiger partial charge is 0.226 e. The third kappa shape index (κ3) is 4.00. The molecule has 2 aliphatic carbocycles. The minimum absolute atomic E-state index is 0.0352. The lowest BCUT2D eigenvalue weighted by molar-refractivity contribution is -0.138. The number of fused-ring (bicyclic) bond motifs is 3. The summed E-state index contributed by atoms with van der Waals surface area (Å²) in [6.45, 7) is 1.44. The van der Waals surface area contributed by atoms with E-state index in [0.717, 1.165) is 60.4 Å². The number of para-hydroxylation sites is 1. The van der Waals surface area contributed by atoms with Gasteiger partial charge in [0.1, 0.15) is 29.3 Å². The zero-order valence-electron chi connectivity index (χ0n) is 21.1. The molecule has 3 unspecified atom stereocenters. The lowest BCUT2D eigenvalue weighted by atomic mass is 9.91. The minimum atomic E-state index is 0.0352. The highest BCUT2D eigenvalue weighted by atomic mass is 16.5. The summed E-state index contributed by atoms with van der Waals surface area (Å²) in [6.07, 6.45) is 10.0. The van der Waals surface area contributed by atoms with Crippen molar-refractivity contribution in [3.8, 4) is 22.8 Å². The zero-order chi connectivity index (χ0) is 25.6. The number of rotatable bonds is 5. The van der Waals surface area contributed by atoms with Crippen LogP contribution in [0.5, 0.6) is 11.5 Å². The molecule has 2 aromatic carbocycles. The molecule has 8 heteroatoms. The van der Waals surface area contributed by atoms with Gasteiger partial charge in [-0.1, -0.05) is 30.4 Å². The Morgan fingerprint density at radius 1 is 0.974 bits per heavy atom. The number of carbonyl (C=O) groups is 1. The molecule has 0 spiro atoms. The highest BCUT2D eigenvalue weighted by Gasteiger charge is 2.42. The first-order valence-corrected chi connectivity index (χ1v) is 13.4. The van der Waals surface area contributed by atoms with Gasteiger partial charge in [-0.25, -0.2) is 14.6 Å². The maximum atomic E-state index is 13.5. The number of aromatic nitrogens is 4. The maximum absolute atomic E-state index is 13.5. The van der Waals surface area contributed by atoms with Gasteiger partial charge in [0.2, 0.25) is 5.91 Å². The van der Waals surface area contributed by atoms with Crippen molar-refractivity contribution in [2.45, 2.75) is 31.7 Å². The summed E-state index contributed by atoms with van der Waals surface area (Å²) in [6, 6.07) is 17.6. The molecule has 1 saturated carbocycles. The van der Waals surface area contributed by atoms with Gasteiger partial charge in [0, 0.05) is 24.6 Å². The number of nitrogen functional groups attached to an aromatic ring is 1. The lowest BCUT2D eigenvalue weighted by Crippen LogP contribution is -2.44. The number of nitrogens with two attached hydrogens (primary N) is 1. The molecule has 2 fully saturated rings. The van der Waals surface area contributed by atoms with Crippen molar-refractivity contribution in [3.05, 3.63) is 73.1 Å². The van der Waals surface area contributed by atoms with Crippen molar-refractivity contribution in [1.29, 1.82) is 0 Å². The molecule has 192 valence electrons. The number of hydrogen-bond donors (Lipinski definition) is 1. The highest BCUT2D eigenvalue weighted by molar-refractivity contribution is 5.98. The molecule has 1 saturated heterocycles. The summed E-state index contributed by atoms with van der Waals surface area (Å²) in [5.41, 5.74) is 8.72. The molecular formula is C30H30N6O2. The van der Waals surface area contributed by atoms with Crippen molar-refractivity contribution < 1.29 is 9.53 Å². The van der Waals surface area contributed by atoms with Gasteiger partial charge in [-0.3, -0.25) is 4.79 Å². The van der Waals surface area contributed by atoms with Gasteiger partial charge in [-0.2, -0.15) is 5.10 Å². The normalized spacial score (nSPS) is 24.3. The van der Waals surface area contributed by atoms with Crippen LogP contribution in [0, 0.1) is 17.8 Å². The molecular weight excluding hydrogens is 476 g/mol. The Labute approximate surface area is 221 Å². The fourth-order valence-electron chi connectivity index (χ4n) is 6.41. The van der Waals surface area contributed by atoms with Crippen LogP contribution in [0.1, 0.15) is 31.7 Å². The second-order valence-corrected chi connectivity index (χ2v) is 10.7. The number of nitrogens with zero attached hydrogens (tertiary/aromatic N) is 5. The van der Waals surface area contributed by atoms with Crippen LogP contribution in [0.3, 0.4) is 0 Å². The van der Waals surface area contributed by atoms with E-state index < -0.39 is 0 Å². The predicted molar refractivity (Wildman–Crippen MR) is 145 cm³/mol. The topological polar surface area (TPSA) is 99.2 Å². The summed E-state index contributed by atoms with van der Waals surface area (Å²) in [5, 5.41) is 5.77. The number of hydrogen-bond acceptors (Lipinski definition) is 6. The summed E-state index contributed by atoms with van der Waals surface area (Å²) in [4.78, 5) is 24.4. The van der Waals surface area contributed by atoms with Crippen LogP contribution in [0.25, 0.3) is 22.3 Å².